The number of likely N-dealkylation sites (tertiary alicyclic amines) is 1. The van der Waals surface area contributed by atoms with Gasteiger partial charge in [0.05, 0.1) is 0 Å². The minimum atomic E-state index is -0.144. The third kappa shape index (κ3) is 4.81. The van der Waals surface area contributed by atoms with Gasteiger partial charge >= 0.3 is 0 Å². The van der Waals surface area contributed by atoms with Crippen molar-refractivity contribution in [3.8, 4) is 0 Å². The summed E-state index contributed by atoms with van der Waals surface area (Å²) in [6, 6.07) is 7.16. The Morgan fingerprint density at radius 3 is 2.73 bits per heavy atom. The second kappa shape index (κ2) is 8.29. The summed E-state index contributed by atoms with van der Waals surface area (Å²) in [4.78, 5) is 25.9. The van der Waals surface area contributed by atoms with Crippen LogP contribution in [0.2, 0.25) is 0 Å². The van der Waals surface area contributed by atoms with Gasteiger partial charge in [-0.3, -0.25) is 9.59 Å². The number of benzene rings is 1. The van der Waals surface area contributed by atoms with E-state index >= 15 is 0 Å². The fourth-order valence-corrected chi connectivity index (χ4v) is 2.92. The molecule has 1 aliphatic rings. The molecule has 120 valence electrons. The van der Waals surface area contributed by atoms with Crippen LogP contribution < -0.4 is 10.6 Å². The zero-order valence-electron chi connectivity index (χ0n) is 12.8. The molecule has 0 spiro atoms. The number of nitrogens with one attached hydrogen (secondary N) is 2. The number of nitrogens with zero attached hydrogens (tertiary/aromatic N) is 1. The second-order valence-corrected chi connectivity index (χ2v) is 6.48. The Morgan fingerprint density at radius 1 is 1.32 bits per heavy atom. The van der Waals surface area contributed by atoms with Gasteiger partial charge in [0.25, 0.3) is 5.91 Å². The molecule has 1 saturated heterocycles. The van der Waals surface area contributed by atoms with E-state index in [-0.39, 0.29) is 11.8 Å². The van der Waals surface area contributed by atoms with Crippen LogP contribution in [0, 0.1) is 5.92 Å². The summed E-state index contributed by atoms with van der Waals surface area (Å²) in [6.45, 7) is 2.97. The lowest BCUT2D eigenvalue weighted by Crippen LogP contribution is -2.34. The summed E-state index contributed by atoms with van der Waals surface area (Å²) in [5, 5.41) is 5.95. The number of hydrogen-bond donors (Lipinski definition) is 2. The molecule has 6 heteroatoms. The number of hydrogen-bond acceptors (Lipinski definition) is 3. The fraction of sp³-hybridized carbons (Fsp3) is 0.500. The van der Waals surface area contributed by atoms with Gasteiger partial charge < -0.3 is 15.5 Å². The van der Waals surface area contributed by atoms with E-state index in [0.717, 1.165) is 30.5 Å². The molecule has 1 unspecified atom stereocenters. The summed E-state index contributed by atoms with van der Waals surface area (Å²) >= 11 is 3.33. The zero-order chi connectivity index (χ0) is 15.9. The van der Waals surface area contributed by atoms with Gasteiger partial charge in [-0.1, -0.05) is 15.9 Å². The Labute approximate surface area is 139 Å². The highest BCUT2D eigenvalue weighted by Crippen LogP contribution is 2.16. The molecule has 1 aromatic rings. The molecular weight excluding hydrogens is 346 g/mol. The third-order valence-electron chi connectivity index (χ3n) is 3.86. The van der Waals surface area contributed by atoms with Crippen molar-refractivity contribution in [2.75, 3.05) is 33.2 Å². The van der Waals surface area contributed by atoms with Crippen molar-refractivity contribution in [2.24, 2.45) is 5.92 Å². The molecule has 1 atom stereocenters. The molecule has 0 saturated carbocycles. The minimum Gasteiger partial charge on any atom is -0.352 e. The Hall–Kier alpha value is -1.40. The molecule has 0 bridgehead atoms. The maximum atomic E-state index is 12.1. The van der Waals surface area contributed by atoms with Crippen molar-refractivity contribution in [2.45, 2.75) is 12.8 Å². The van der Waals surface area contributed by atoms with Gasteiger partial charge in [-0.25, -0.2) is 0 Å². The van der Waals surface area contributed by atoms with Crippen LogP contribution in [0.15, 0.2) is 28.7 Å². The first-order chi connectivity index (χ1) is 10.6. The lowest BCUT2D eigenvalue weighted by molar-refractivity contribution is -0.130. The van der Waals surface area contributed by atoms with Crippen LogP contribution in [0.4, 0.5) is 0 Å². The topological polar surface area (TPSA) is 61.4 Å². The minimum absolute atomic E-state index is 0.120. The average Bonchev–Trinajstić information content (AvgIpc) is 2.97. The highest BCUT2D eigenvalue weighted by atomic mass is 79.9. The highest BCUT2D eigenvalue weighted by Gasteiger charge is 2.25. The quantitative estimate of drug-likeness (QED) is 0.803. The third-order valence-corrected chi connectivity index (χ3v) is 4.39. The van der Waals surface area contributed by atoms with E-state index in [1.165, 1.54) is 0 Å². The summed E-state index contributed by atoms with van der Waals surface area (Å²) in [5.74, 6) is 0.524. The smallest absolute Gasteiger partial charge is 0.251 e. The van der Waals surface area contributed by atoms with Crippen LogP contribution in [0.25, 0.3) is 0 Å². The van der Waals surface area contributed by atoms with E-state index in [9.17, 15) is 9.59 Å². The van der Waals surface area contributed by atoms with Crippen molar-refractivity contribution in [1.82, 2.24) is 15.5 Å². The molecule has 22 heavy (non-hydrogen) atoms. The van der Waals surface area contributed by atoms with Crippen LogP contribution in [0.5, 0.6) is 0 Å². The number of halogens is 1. The molecular formula is C16H22BrN3O2. The molecule has 2 amide bonds. The molecule has 1 heterocycles. The van der Waals surface area contributed by atoms with E-state index in [2.05, 4.69) is 26.6 Å². The van der Waals surface area contributed by atoms with E-state index in [4.69, 9.17) is 0 Å². The second-order valence-electron chi connectivity index (χ2n) is 5.56. The highest BCUT2D eigenvalue weighted by molar-refractivity contribution is 9.10. The summed E-state index contributed by atoms with van der Waals surface area (Å²) in [5.41, 5.74) is 0.603. The number of rotatable bonds is 6. The molecule has 0 aromatic heterocycles. The maximum Gasteiger partial charge on any atom is 0.251 e. The maximum absolute atomic E-state index is 12.1. The Kier molecular flexibility index (Phi) is 6.39. The lowest BCUT2D eigenvalue weighted by atomic mass is 10.1. The summed E-state index contributed by atoms with van der Waals surface area (Å²) in [6.07, 6.45) is 1.41. The van der Waals surface area contributed by atoms with Gasteiger partial charge in [-0.05, 0) is 50.2 Å². The Bertz CT molecular complexity index is 519. The van der Waals surface area contributed by atoms with Crippen LogP contribution in [0.1, 0.15) is 23.2 Å². The number of carbonyl (C=O) groups excluding carboxylic acids is 2. The van der Waals surface area contributed by atoms with Gasteiger partial charge in [0.1, 0.15) is 0 Å². The number of amides is 2. The summed E-state index contributed by atoms with van der Waals surface area (Å²) < 4.78 is 0.935. The Balaban J connectivity index is 1.71. The number of carbonyl (C=O) groups is 2. The van der Waals surface area contributed by atoms with Crippen LogP contribution in [-0.4, -0.2) is 49.9 Å². The molecule has 2 rings (SSSR count). The largest absolute Gasteiger partial charge is 0.352 e. The van der Waals surface area contributed by atoms with Crippen molar-refractivity contribution in [3.05, 3.63) is 34.3 Å². The molecule has 0 aliphatic carbocycles. The fourth-order valence-electron chi connectivity index (χ4n) is 2.66. The molecule has 0 radical (unpaired) electrons. The molecule has 1 aliphatic heterocycles. The standard InChI is InChI=1S/C16H22BrN3O2/c1-18-10-12-7-9-20(11-12)15(21)6-8-19-16(22)13-2-4-14(17)5-3-13/h2-5,12,18H,6-11H2,1H3,(H,19,22). The van der Waals surface area contributed by atoms with Crippen LogP contribution in [0.3, 0.4) is 0 Å². The Morgan fingerprint density at radius 2 is 2.05 bits per heavy atom. The predicted octanol–water partition coefficient (Wildman–Crippen LogP) is 1.64. The van der Waals surface area contributed by atoms with E-state index in [0.29, 0.717) is 24.4 Å². The van der Waals surface area contributed by atoms with Crippen molar-refractivity contribution < 1.29 is 9.59 Å². The molecule has 1 aromatic carbocycles. The van der Waals surface area contributed by atoms with Gasteiger partial charge in [-0.2, -0.15) is 0 Å². The predicted molar refractivity (Wildman–Crippen MR) is 89.7 cm³/mol. The van der Waals surface area contributed by atoms with Gasteiger partial charge in [-0.15, -0.1) is 0 Å². The first-order valence-corrected chi connectivity index (χ1v) is 8.35. The first kappa shape index (κ1) is 17.0. The van der Waals surface area contributed by atoms with E-state index in [1.54, 1.807) is 12.1 Å². The zero-order valence-corrected chi connectivity index (χ0v) is 14.4. The van der Waals surface area contributed by atoms with E-state index in [1.807, 2.05) is 24.1 Å². The van der Waals surface area contributed by atoms with Crippen molar-refractivity contribution in [3.63, 3.8) is 0 Å². The average molecular weight is 368 g/mol. The monoisotopic (exact) mass is 367 g/mol. The van der Waals surface area contributed by atoms with Gasteiger partial charge in [0.15, 0.2) is 0 Å². The van der Waals surface area contributed by atoms with Gasteiger partial charge in [0, 0.05) is 36.1 Å². The normalized spacial score (nSPS) is 17.5. The summed E-state index contributed by atoms with van der Waals surface area (Å²) in [7, 11) is 1.93. The van der Waals surface area contributed by atoms with Gasteiger partial charge in [0.2, 0.25) is 5.91 Å². The first-order valence-electron chi connectivity index (χ1n) is 7.56. The van der Waals surface area contributed by atoms with Crippen LogP contribution in [-0.2, 0) is 4.79 Å². The molecule has 2 N–H and O–H groups in total. The molecule has 1 fully saturated rings. The lowest BCUT2D eigenvalue weighted by Gasteiger charge is -2.16. The molecule has 5 nitrogen and oxygen atoms in total. The SMILES string of the molecule is CNCC1CCN(C(=O)CCNC(=O)c2ccc(Br)cc2)C1. The van der Waals surface area contributed by atoms with Crippen molar-refractivity contribution in [1.29, 1.82) is 0 Å². The van der Waals surface area contributed by atoms with Crippen LogP contribution >= 0.6 is 15.9 Å². The van der Waals surface area contributed by atoms with E-state index < -0.39 is 0 Å². The van der Waals surface area contributed by atoms with Crippen molar-refractivity contribution >= 4 is 27.7 Å².